The highest BCUT2D eigenvalue weighted by Crippen LogP contribution is 2.04. The quantitative estimate of drug-likeness (QED) is 0.814. The van der Waals surface area contributed by atoms with Crippen molar-refractivity contribution in [1.82, 2.24) is 10.5 Å². The molecule has 80 valence electrons. The van der Waals surface area contributed by atoms with Crippen molar-refractivity contribution in [3.63, 3.8) is 0 Å². The summed E-state index contributed by atoms with van der Waals surface area (Å²) < 4.78 is 10.3. The highest BCUT2D eigenvalue weighted by Gasteiger charge is 2.02. The first kappa shape index (κ1) is 9.98. The fourth-order valence-electron chi connectivity index (χ4n) is 1.33. The van der Waals surface area contributed by atoms with Crippen molar-refractivity contribution < 1.29 is 8.94 Å². The molecule has 0 aliphatic heterocycles. The third-order valence-corrected chi connectivity index (χ3v) is 2.15. The predicted molar refractivity (Wildman–Crippen MR) is 55.1 cm³/mol. The van der Waals surface area contributed by atoms with Crippen LogP contribution in [0.25, 0.3) is 0 Å². The number of nitrogens with zero attached hydrogens (tertiary/aromatic N) is 1. The monoisotopic (exact) mass is 206 g/mol. The van der Waals surface area contributed by atoms with Crippen molar-refractivity contribution in [3.05, 3.63) is 41.7 Å². The first-order chi connectivity index (χ1) is 7.38. The van der Waals surface area contributed by atoms with Crippen LogP contribution in [0.1, 0.15) is 24.1 Å². The lowest BCUT2D eigenvalue weighted by atomic mass is 10.3. The van der Waals surface area contributed by atoms with Crippen LogP contribution < -0.4 is 5.32 Å². The summed E-state index contributed by atoms with van der Waals surface area (Å²) >= 11 is 0. The average Bonchev–Trinajstić information content (AvgIpc) is 2.88. The molecule has 4 nitrogen and oxygen atoms in total. The summed E-state index contributed by atoms with van der Waals surface area (Å²) in [7, 11) is 0. The van der Waals surface area contributed by atoms with Crippen LogP contribution in [-0.4, -0.2) is 5.16 Å². The van der Waals surface area contributed by atoms with E-state index in [4.69, 9.17) is 8.94 Å². The van der Waals surface area contributed by atoms with E-state index in [0.29, 0.717) is 13.1 Å². The first-order valence-electron chi connectivity index (χ1n) is 5.06. The van der Waals surface area contributed by atoms with Gasteiger partial charge in [0.2, 0.25) is 0 Å². The van der Waals surface area contributed by atoms with Crippen molar-refractivity contribution in [3.8, 4) is 0 Å². The Labute approximate surface area is 88.3 Å². The topological polar surface area (TPSA) is 51.2 Å². The van der Waals surface area contributed by atoms with Gasteiger partial charge < -0.3 is 14.3 Å². The maximum atomic E-state index is 5.19. The summed E-state index contributed by atoms with van der Waals surface area (Å²) in [4.78, 5) is 0. The number of furan rings is 1. The molecule has 2 aromatic heterocycles. The molecular weight excluding hydrogens is 192 g/mol. The summed E-state index contributed by atoms with van der Waals surface area (Å²) in [6, 6.07) is 5.78. The van der Waals surface area contributed by atoms with Gasteiger partial charge in [0.05, 0.1) is 25.0 Å². The van der Waals surface area contributed by atoms with E-state index in [-0.39, 0.29) is 0 Å². The van der Waals surface area contributed by atoms with Crippen LogP contribution in [0, 0.1) is 0 Å². The van der Waals surface area contributed by atoms with Crippen molar-refractivity contribution in [2.45, 2.75) is 26.4 Å². The lowest BCUT2D eigenvalue weighted by Crippen LogP contribution is -2.11. The van der Waals surface area contributed by atoms with Crippen LogP contribution in [-0.2, 0) is 19.5 Å². The second-order valence-electron chi connectivity index (χ2n) is 3.32. The van der Waals surface area contributed by atoms with E-state index in [0.717, 1.165) is 23.6 Å². The highest BCUT2D eigenvalue weighted by molar-refractivity contribution is 5.05. The lowest BCUT2D eigenvalue weighted by Gasteiger charge is -1.97. The predicted octanol–water partition coefficient (Wildman–Crippen LogP) is 2.12. The zero-order valence-corrected chi connectivity index (χ0v) is 8.69. The Bertz CT molecular complexity index is 392. The second-order valence-corrected chi connectivity index (χ2v) is 3.32. The van der Waals surface area contributed by atoms with E-state index in [1.165, 1.54) is 0 Å². The molecule has 0 atom stereocenters. The molecule has 0 bridgehead atoms. The highest BCUT2D eigenvalue weighted by atomic mass is 16.5. The number of aryl methyl sites for hydroxylation is 1. The van der Waals surface area contributed by atoms with Gasteiger partial charge in [-0.15, -0.1) is 0 Å². The van der Waals surface area contributed by atoms with Gasteiger partial charge in [-0.05, 0) is 18.6 Å². The minimum absolute atomic E-state index is 0.674. The average molecular weight is 206 g/mol. The Morgan fingerprint density at radius 3 is 2.87 bits per heavy atom. The maximum absolute atomic E-state index is 5.19. The molecule has 15 heavy (non-hydrogen) atoms. The molecular formula is C11H14N2O2. The number of nitrogens with one attached hydrogen (secondary N) is 1. The van der Waals surface area contributed by atoms with E-state index >= 15 is 0 Å². The van der Waals surface area contributed by atoms with E-state index in [1.54, 1.807) is 6.26 Å². The fraction of sp³-hybridized carbons (Fsp3) is 0.364. The van der Waals surface area contributed by atoms with Gasteiger partial charge in [0.1, 0.15) is 5.76 Å². The maximum Gasteiger partial charge on any atom is 0.150 e. The van der Waals surface area contributed by atoms with Crippen molar-refractivity contribution >= 4 is 0 Å². The normalized spacial score (nSPS) is 10.7. The summed E-state index contributed by atoms with van der Waals surface area (Å²) in [6.07, 6.45) is 2.57. The fourth-order valence-corrected chi connectivity index (χ4v) is 1.33. The van der Waals surface area contributed by atoms with Gasteiger partial charge in [-0.25, -0.2) is 0 Å². The molecule has 0 radical (unpaired) electrons. The van der Waals surface area contributed by atoms with Crippen molar-refractivity contribution in [1.29, 1.82) is 0 Å². The standard InChI is InChI=1S/C11H14N2O2/c1-2-9-6-11(15-13-9)8-12-7-10-4-3-5-14-10/h3-6,12H,2,7-8H2,1H3. The Kier molecular flexibility index (Phi) is 3.19. The molecule has 0 saturated heterocycles. The second kappa shape index (κ2) is 4.79. The summed E-state index contributed by atoms with van der Waals surface area (Å²) in [5, 5.41) is 7.13. The zero-order valence-electron chi connectivity index (χ0n) is 8.69. The SMILES string of the molecule is CCc1cc(CNCc2ccco2)on1. The molecule has 2 rings (SSSR count). The van der Waals surface area contributed by atoms with Gasteiger partial charge in [-0.3, -0.25) is 0 Å². The third kappa shape index (κ3) is 2.70. The minimum Gasteiger partial charge on any atom is -0.468 e. The van der Waals surface area contributed by atoms with Gasteiger partial charge in [0.25, 0.3) is 0 Å². The first-order valence-corrected chi connectivity index (χ1v) is 5.06. The largest absolute Gasteiger partial charge is 0.468 e. The summed E-state index contributed by atoms with van der Waals surface area (Å²) in [5.41, 5.74) is 0.991. The molecule has 2 heterocycles. The molecule has 0 fully saturated rings. The Balaban J connectivity index is 1.78. The van der Waals surface area contributed by atoms with Crippen LogP contribution in [0.5, 0.6) is 0 Å². The van der Waals surface area contributed by atoms with Crippen LogP contribution >= 0.6 is 0 Å². The Hall–Kier alpha value is -1.55. The summed E-state index contributed by atoms with van der Waals surface area (Å²) in [5.74, 6) is 1.78. The molecule has 0 saturated carbocycles. The molecule has 0 aliphatic carbocycles. The van der Waals surface area contributed by atoms with Gasteiger partial charge in [-0.2, -0.15) is 0 Å². The molecule has 0 unspecified atom stereocenters. The number of hydrogen-bond donors (Lipinski definition) is 1. The third-order valence-electron chi connectivity index (χ3n) is 2.15. The van der Waals surface area contributed by atoms with E-state index in [2.05, 4.69) is 17.4 Å². The molecule has 4 heteroatoms. The lowest BCUT2D eigenvalue weighted by molar-refractivity contribution is 0.364. The molecule has 1 N–H and O–H groups in total. The van der Waals surface area contributed by atoms with Crippen molar-refractivity contribution in [2.75, 3.05) is 0 Å². The number of hydrogen-bond acceptors (Lipinski definition) is 4. The van der Waals surface area contributed by atoms with Crippen LogP contribution in [0.4, 0.5) is 0 Å². The number of aromatic nitrogens is 1. The van der Waals surface area contributed by atoms with Crippen molar-refractivity contribution in [2.24, 2.45) is 0 Å². The van der Waals surface area contributed by atoms with Gasteiger partial charge >= 0.3 is 0 Å². The van der Waals surface area contributed by atoms with Gasteiger partial charge in [0.15, 0.2) is 5.76 Å². The molecule has 2 aromatic rings. The minimum atomic E-state index is 0.674. The van der Waals surface area contributed by atoms with Crippen LogP contribution in [0.3, 0.4) is 0 Å². The molecule has 0 aromatic carbocycles. The molecule has 0 spiro atoms. The molecule has 0 aliphatic rings. The summed E-state index contributed by atoms with van der Waals surface area (Å²) in [6.45, 7) is 3.43. The molecule has 0 amide bonds. The van der Waals surface area contributed by atoms with E-state index in [9.17, 15) is 0 Å². The number of rotatable bonds is 5. The van der Waals surface area contributed by atoms with E-state index in [1.807, 2.05) is 18.2 Å². The zero-order chi connectivity index (χ0) is 10.5. The van der Waals surface area contributed by atoms with E-state index < -0.39 is 0 Å². The van der Waals surface area contributed by atoms with Gasteiger partial charge in [0, 0.05) is 6.07 Å². The smallest absolute Gasteiger partial charge is 0.150 e. The Morgan fingerprint density at radius 1 is 1.33 bits per heavy atom. The van der Waals surface area contributed by atoms with Gasteiger partial charge in [-0.1, -0.05) is 12.1 Å². The van der Waals surface area contributed by atoms with Crippen LogP contribution in [0.2, 0.25) is 0 Å². The Morgan fingerprint density at radius 2 is 2.20 bits per heavy atom. The van der Waals surface area contributed by atoms with Crippen LogP contribution in [0.15, 0.2) is 33.4 Å².